The highest BCUT2D eigenvalue weighted by molar-refractivity contribution is 4.90. The van der Waals surface area contributed by atoms with Gasteiger partial charge in [0.05, 0.1) is 0 Å². The molecule has 0 unspecified atom stereocenters. The molecular formula is C6H11. The van der Waals surface area contributed by atoms with Crippen LogP contribution in [0.5, 0.6) is 0 Å². The van der Waals surface area contributed by atoms with E-state index in [2.05, 4.69) is 19.1 Å². The van der Waals surface area contributed by atoms with Crippen LogP contribution in [-0.4, -0.2) is 0 Å². The number of hydrogen-bond donors (Lipinski definition) is 0. The summed E-state index contributed by atoms with van der Waals surface area (Å²) in [6.07, 6.45) is 7.36. The molecule has 0 heteroatoms. The van der Waals surface area contributed by atoms with Gasteiger partial charge in [-0.2, -0.15) is 0 Å². The van der Waals surface area contributed by atoms with E-state index >= 15 is 0 Å². The van der Waals surface area contributed by atoms with Crippen molar-refractivity contribution in [3.05, 3.63) is 18.6 Å². The molecule has 0 saturated heterocycles. The van der Waals surface area contributed by atoms with Gasteiger partial charge in [0.15, 0.2) is 0 Å². The van der Waals surface area contributed by atoms with Gasteiger partial charge in [-0.15, -0.1) is 0 Å². The molecule has 0 aromatic carbocycles. The molecule has 6 heavy (non-hydrogen) atoms. The maximum absolute atomic E-state index is 2.12. The molecule has 0 aromatic heterocycles. The lowest BCUT2D eigenvalue weighted by atomic mass is 10.4. The van der Waals surface area contributed by atoms with Crippen molar-refractivity contribution < 1.29 is 0 Å². The highest BCUT2D eigenvalue weighted by Crippen LogP contribution is 1.80. The molecule has 0 aliphatic carbocycles. The van der Waals surface area contributed by atoms with Crippen molar-refractivity contribution in [1.29, 1.82) is 0 Å². The number of rotatable bonds is 2. The summed E-state index contributed by atoms with van der Waals surface area (Å²) in [5, 5.41) is 0. The number of hydrogen-bond acceptors (Lipinski definition) is 0. The Kier molecular flexibility index (Phi) is 4.53. The van der Waals surface area contributed by atoms with E-state index in [0.29, 0.717) is 0 Å². The van der Waals surface area contributed by atoms with E-state index in [1.54, 1.807) is 0 Å². The van der Waals surface area contributed by atoms with E-state index in [0.717, 1.165) is 6.42 Å². The molecule has 0 aliphatic rings. The van der Waals surface area contributed by atoms with Crippen molar-refractivity contribution in [1.82, 2.24) is 0 Å². The largest absolute Gasteiger partial charge is 0.0885 e. The Bertz CT molecular complexity index is 29.3. The third kappa shape index (κ3) is 3.74. The average Bonchev–Trinajstić information content (AvgIpc) is 1.61. The van der Waals surface area contributed by atoms with Crippen LogP contribution in [0.15, 0.2) is 12.2 Å². The van der Waals surface area contributed by atoms with Crippen molar-refractivity contribution in [3.63, 3.8) is 0 Å². The molecule has 0 N–H and O–H groups in total. The Labute approximate surface area is 39.9 Å². The molecule has 35 valence electrons. The molecule has 0 rings (SSSR count). The highest BCUT2D eigenvalue weighted by Gasteiger charge is 1.60. The van der Waals surface area contributed by atoms with Gasteiger partial charge in [0, 0.05) is 0 Å². The van der Waals surface area contributed by atoms with Gasteiger partial charge in [-0.05, 0) is 12.8 Å². The van der Waals surface area contributed by atoms with Crippen molar-refractivity contribution in [3.8, 4) is 0 Å². The van der Waals surface area contributed by atoms with Crippen molar-refractivity contribution >= 4 is 0 Å². The summed E-state index contributed by atoms with van der Waals surface area (Å²) in [6, 6.07) is 0. The molecule has 0 aliphatic heterocycles. The van der Waals surface area contributed by atoms with E-state index < -0.39 is 0 Å². The van der Waals surface area contributed by atoms with Gasteiger partial charge in [0.2, 0.25) is 0 Å². The van der Waals surface area contributed by atoms with E-state index in [1.165, 1.54) is 0 Å². The summed E-state index contributed by atoms with van der Waals surface area (Å²) in [5.74, 6) is 0. The number of allylic oxidation sites excluding steroid dienone is 2. The van der Waals surface area contributed by atoms with Crippen molar-refractivity contribution in [2.75, 3.05) is 0 Å². The summed E-state index contributed by atoms with van der Waals surface area (Å²) in [5.41, 5.74) is 0. The zero-order valence-corrected chi connectivity index (χ0v) is 4.44. The molecule has 0 fully saturated rings. The lowest BCUT2D eigenvalue weighted by Gasteiger charge is -1.72. The molecule has 0 bridgehead atoms. The molecule has 0 aromatic rings. The summed E-state index contributed by atoms with van der Waals surface area (Å²) in [4.78, 5) is 0. The summed E-state index contributed by atoms with van der Waals surface area (Å²) < 4.78 is 0. The predicted octanol–water partition coefficient (Wildman–Crippen LogP) is 2.18. The van der Waals surface area contributed by atoms with Crippen LogP contribution in [0.2, 0.25) is 0 Å². The van der Waals surface area contributed by atoms with Crippen LogP contribution < -0.4 is 0 Å². The lowest BCUT2D eigenvalue weighted by Crippen LogP contribution is -1.52. The molecule has 1 radical (unpaired) electrons. The monoisotopic (exact) mass is 83.1 g/mol. The van der Waals surface area contributed by atoms with Gasteiger partial charge < -0.3 is 0 Å². The van der Waals surface area contributed by atoms with Gasteiger partial charge in [-0.1, -0.05) is 26.0 Å². The molecule has 0 heterocycles. The normalized spacial score (nSPS) is 10.3. The second kappa shape index (κ2) is 4.74. The van der Waals surface area contributed by atoms with Gasteiger partial charge in [0.25, 0.3) is 0 Å². The second-order valence-electron chi connectivity index (χ2n) is 1.17. The smallest absolute Gasteiger partial charge is 0.0202 e. The average molecular weight is 83.2 g/mol. The Morgan fingerprint density at radius 2 is 2.17 bits per heavy atom. The quantitative estimate of drug-likeness (QED) is 0.480. The lowest BCUT2D eigenvalue weighted by molar-refractivity contribution is 1.22. The second-order valence-corrected chi connectivity index (χ2v) is 1.17. The van der Waals surface area contributed by atoms with Gasteiger partial charge >= 0.3 is 0 Å². The third-order valence-corrected chi connectivity index (χ3v) is 0.564. The maximum Gasteiger partial charge on any atom is -0.0202 e. The fraction of sp³-hybridized carbons (Fsp3) is 0.500. The summed E-state index contributed by atoms with van der Waals surface area (Å²) >= 11 is 0. The highest BCUT2D eigenvalue weighted by atomic mass is 13.7. The van der Waals surface area contributed by atoms with Crippen LogP contribution in [0.4, 0.5) is 0 Å². The van der Waals surface area contributed by atoms with Crippen LogP contribution in [0.25, 0.3) is 0 Å². The maximum atomic E-state index is 2.12. The summed E-state index contributed by atoms with van der Waals surface area (Å²) in [6.45, 7) is 4.14. The minimum Gasteiger partial charge on any atom is -0.0885 e. The first-order valence-electron chi connectivity index (χ1n) is 2.36. The van der Waals surface area contributed by atoms with E-state index in [-0.39, 0.29) is 0 Å². The Morgan fingerprint density at radius 1 is 1.50 bits per heavy atom. The first-order chi connectivity index (χ1) is 2.91. The van der Waals surface area contributed by atoms with Crippen LogP contribution in [0.1, 0.15) is 20.3 Å². The van der Waals surface area contributed by atoms with Crippen LogP contribution in [-0.2, 0) is 0 Å². The van der Waals surface area contributed by atoms with E-state index in [9.17, 15) is 0 Å². The molecular weight excluding hydrogens is 72.1 g/mol. The Hall–Kier alpha value is -0.260. The van der Waals surface area contributed by atoms with Gasteiger partial charge in [-0.3, -0.25) is 0 Å². The standard InChI is InChI=1S/C6H11/c1-3-5-6-4-2/h3,5-6H,4H2,1-2H3/b6-5+. The SMILES string of the molecule is C[CH]/C=C/CC. The van der Waals surface area contributed by atoms with Crippen molar-refractivity contribution in [2.45, 2.75) is 20.3 Å². The first kappa shape index (κ1) is 5.74. The van der Waals surface area contributed by atoms with Crippen LogP contribution in [0.3, 0.4) is 0 Å². The topological polar surface area (TPSA) is 0 Å². The van der Waals surface area contributed by atoms with E-state index in [1.807, 2.05) is 13.3 Å². The van der Waals surface area contributed by atoms with Crippen molar-refractivity contribution in [2.24, 2.45) is 0 Å². The minimum atomic E-state index is 1.14. The summed E-state index contributed by atoms with van der Waals surface area (Å²) in [7, 11) is 0. The predicted molar refractivity (Wildman–Crippen MR) is 29.4 cm³/mol. The van der Waals surface area contributed by atoms with Crippen LogP contribution in [0, 0.1) is 6.42 Å². The fourth-order valence-electron chi connectivity index (χ4n) is 0.272. The van der Waals surface area contributed by atoms with Crippen LogP contribution >= 0.6 is 0 Å². The third-order valence-electron chi connectivity index (χ3n) is 0.564. The zero-order chi connectivity index (χ0) is 4.83. The zero-order valence-electron chi connectivity index (χ0n) is 4.44. The first-order valence-corrected chi connectivity index (χ1v) is 2.36. The van der Waals surface area contributed by atoms with Gasteiger partial charge in [-0.25, -0.2) is 0 Å². The van der Waals surface area contributed by atoms with E-state index in [4.69, 9.17) is 0 Å². The molecule has 0 atom stereocenters. The molecule has 0 saturated carbocycles. The fourth-order valence-corrected chi connectivity index (χ4v) is 0.272. The molecule has 0 nitrogen and oxygen atoms in total. The molecule has 0 spiro atoms. The Morgan fingerprint density at radius 3 is 2.33 bits per heavy atom. The Balaban J connectivity index is 2.73. The molecule has 0 amide bonds. The minimum absolute atomic E-state index is 1.14. The van der Waals surface area contributed by atoms with Gasteiger partial charge in [0.1, 0.15) is 0 Å².